The molecule has 0 aliphatic heterocycles. The van der Waals surface area contributed by atoms with Crippen molar-refractivity contribution in [1.29, 1.82) is 0 Å². The molecule has 0 spiro atoms. The molecule has 1 N–H and O–H groups in total. The van der Waals surface area contributed by atoms with Crippen molar-refractivity contribution >= 4 is 0 Å². The molecule has 0 bridgehead atoms. The van der Waals surface area contributed by atoms with Gasteiger partial charge in [0.15, 0.2) is 0 Å². The second-order valence-electron chi connectivity index (χ2n) is 4.33. The van der Waals surface area contributed by atoms with E-state index in [1.54, 1.807) is 19.3 Å². The van der Waals surface area contributed by atoms with Crippen molar-refractivity contribution < 1.29 is 4.39 Å². The topological polar surface area (TPSA) is 29.9 Å². The third-order valence-corrected chi connectivity index (χ3v) is 2.89. The molecule has 0 unspecified atom stereocenters. The van der Waals surface area contributed by atoms with Crippen molar-refractivity contribution in [1.82, 2.24) is 14.9 Å². The summed E-state index contributed by atoms with van der Waals surface area (Å²) in [6.45, 7) is 5.63. The second kappa shape index (κ2) is 5.78. The van der Waals surface area contributed by atoms with Gasteiger partial charge in [0.1, 0.15) is 5.82 Å². The van der Waals surface area contributed by atoms with Gasteiger partial charge in [-0.15, -0.1) is 0 Å². The molecule has 1 heterocycles. The Morgan fingerprint density at radius 1 is 1.39 bits per heavy atom. The fourth-order valence-corrected chi connectivity index (χ4v) is 1.86. The highest BCUT2D eigenvalue weighted by molar-refractivity contribution is 5.41. The largest absolute Gasteiger partial charge is 0.311 e. The average molecular weight is 247 g/mol. The molecule has 1 aromatic heterocycles. The monoisotopic (exact) mass is 247 g/mol. The normalized spacial score (nSPS) is 10.8. The Balaban J connectivity index is 2.16. The number of imidazole rings is 1. The lowest BCUT2D eigenvalue weighted by atomic mass is 10.2. The third kappa shape index (κ3) is 2.76. The maximum atomic E-state index is 13.5. The van der Waals surface area contributed by atoms with E-state index in [0.717, 1.165) is 30.9 Å². The smallest absolute Gasteiger partial charge is 0.128 e. The Kier molecular flexibility index (Phi) is 4.10. The Morgan fingerprint density at radius 3 is 3.00 bits per heavy atom. The van der Waals surface area contributed by atoms with Gasteiger partial charge in [-0.25, -0.2) is 9.37 Å². The Hall–Kier alpha value is -1.68. The summed E-state index contributed by atoms with van der Waals surface area (Å²) in [7, 11) is 0. The summed E-state index contributed by atoms with van der Waals surface area (Å²) in [5, 5.41) is 3.29. The number of hydrogen-bond acceptors (Lipinski definition) is 2. The number of nitrogens with one attached hydrogen (secondary N) is 1. The zero-order valence-corrected chi connectivity index (χ0v) is 10.8. The van der Waals surface area contributed by atoms with Crippen molar-refractivity contribution in [3.05, 3.63) is 47.8 Å². The van der Waals surface area contributed by atoms with Gasteiger partial charge in [-0.05, 0) is 32.0 Å². The van der Waals surface area contributed by atoms with Gasteiger partial charge in [-0.3, -0.25) is 0 Å². The fourth-order valence-electron chi connectivity index (χ4n) is 1.86. The maximum Gasteiger partial charge on any atom is 0.128 e. The highest BCUT2D eigenvalue weighted by Gasteiger charge is 2.06. The van der Waals surface area contributed by atoms with Crippen LogP contribution >= 0.6 is 0 Å². The van der Waals surface area contributed by atoms with E-state index in [1.807, 2.05) is 16.8 Å². The molecule has 1 aromatic carbocycles. The van der Waals surface area contributed by atoms with E-state index < -0.39 is 0 Å². The second-order valence-corrected chi connectivity index (χ2v) is 4.33. The minimum atomic E-state index is -0.188. The lowest BCUT2D eigenvalue weighted by Gasteiger charge is -2.06. The molecule has 4 heteroatoms. The molecule has 0 aliphatic carbocycles. The van der Waals surface area contributed by atoms with Crippen LogP contribution in [0.15, 0.2) is 30.7 Å². The van der Waals surface area contributed by atoms with Crippen molar-refractivity contribution in [3.8, 4) is 5.69 Å². The number of rotatable bonds is 5. The standard InChI is InChI=1S/C14H18FN3/c1-3-7-16-8-12-9-18(10-17-12)14-6-4-5-13(15)11(14)2/h4-6,9-10,16H,3,7-8H2,1-2H3. The molecular weight excluding hydrogens is 229 g/mol. The van der Waals surface area contributed by atoms with Crippen LogP contribution in [-0.4, -0.2) is 16.1 Å². The lowest BCUT2D eigenvalue weighted by molar-refractivity contribution is 0.617. The quantitative estimate of drug-likeness (QED) is 0.823. The van der Waals surface area contributed by atoms with E-state index in [0.29, 0.717) is 5.56 Å². The average Bonchev–Trinajstić information content (AvgIpc) is 2.82. The van der Waals surface area contributed by atoms with Gasteiger partial charge in [0.25, 0.3) is 0 Å². The highest BCUT2D eigenvalue weighted by atomic mass is 19.1. The van der Waals surface area contributed by atoms with Gasteiger partial charge in [0.2, 0.25) is 0 Å². The minimum Gasteiger partial charge on any atom is -0.311 e. The van der Waals surface area contributed by atoms with Gasteiger partial charge >= 0.3 is 0 Å². The van der Waals surface area contributed by atoms with Gasteiger partial charge in [-0.2, -0.15) is 0 Å². The van der Waals surface area contributed by atoms with E-state index in [1.165, 1.54) is 6.07 Å². The van der Waals surface area contributed by atoms with Crippen molar-refractivity contribution in [3.63, 3.8) is 0 Å². The summed E-state index contributed by atoms with van der Waals surface area (Å²) in [5.41, 5.74) is 2.44. The first kappa shape index (κ1) is 12.8. The van der Waals surface area contributed by atoms with Crippen LogP contribution in [-0.2, 0) is 6.54 Å². The number of benzene rings is 1. The molecule has 0 saturated carbocycles. The van der Waals surface area contributed by atoms with E-state index in [-0.39, 0.29) is 5.82 Å². The van der Waals surface area contributed by atoms with Crippen LogP contribution in [0.5, 0.6) is 0 Å². The molecule has 2 rings (SSSR count). The number of halogens is 1. The molecule has 3 nitrogen and oxygen atoms in total. The molecule has 0 amide bonds. The first-order chi connectivity index (χ1) is 8.72. The van der Waals surface area contributed by atoms with Crippen molar-refractivity contribution in [2.75, 3.05) is 6.54 Å². The first-order valence-corrected chi connectivity index (χ1v) is 6.21. The van der Waals surface area contributed by atoms with E-state index in [4.69, 9.17) is 0 Å². The summed E-state index contributed by atoms with van der Waals surface area (Å²) < 4.78 is 15.3. The minimum absolute atomic E-state index is 0.188. The van der Waals surface area contributed by atoms with Gasteiger partial charge in [0, 0.05) is 18.3 Å². The van der Waals surface area contributed by atoms with Crippen LogP contribution in [0.4, 0.5) is 4.39 Å². The van der Waals surface area contributed by atoms with Gasteiger partial charge < -0.3 is 9.88 Å². The molecule has 0 radical (unpaired) electrons. The summed E-state index contributed by atoms with van der Waals surface area (Å²) >= 11 is 0. The van der Waals surface area contributed by atoms with Gasteiger partial charge in [-0.1, -0.05) is 13.0 Å². The zero-order valence-electron chi connectivity index (χ0n) is 10.8. The maximum absolute atomic E-state index is 13.5. The van der Waals surface area contributed by atoms with Crippen LogP contribution in [0.2, 0.25) is 0 Å². The molecule has 0 fully saturated rings. The predicted octanol–water partition coefficient (Wildman–Crippen LogP) is 2.82. The van der Waals surface area contributed by atoms with E-state index in [2.05, 4.69) is 17.2 Å². The predicted molar refractivity (Wildman–Crippen MR) is 70.3 cm³/mol. The van der Waals surface area contributed by atoms with Crippen molar-refractivity contribution in [2.45, 2.75) is 26.8 Å². The molecule has 0 aliphatic rings. The Morgan fingerprint density at radius 2 is 2.22 bits per heavy atom. The van der Waals surface area contributed by atoms with E-state index in [9.17, 15) is 4.39 Å². The molecule has 0 atom stereocenters. The fraction of sp³-hybridized carbons (Fsp3) is 0.357. The summed E-state index contributed by atoms with van der Waals surface area (Å²) in [6, 6.07) is 5.08. The number of nitrogens with zero attached hydrogens (tertiary/aromatic N) is 2. The third-order valence-electron chi connectivity index (χ3n) is 2.89. The molecular formula is C14H18FN3. The van der Waals surface area contributed by atoms with Crippen LogP contribution in [0, 0.1) is 12.7 Å². The van der Waals surface area contributed by atoms with Gasteiger partial charge in [0.05, 0.1) is 17.7 Å². The number of hydrogen-bond donors (Lipinski definition) is 1. The number of aromatic nitrogens is 2. The Labute approximate surface area is 107 Å². The van der Waals surface area contributed by atoms with E-state index >= 15 is 0 Å². The summed E-state index contributed by atoms with van der Waals surface area (Å²) in [4.78, 5) is 4.31. The zero-order chi connectivity index (χ0) is 13.0. The first-order valence-electron chi connectivity index (χ1n) is 6.21. The van der Waals surface area contributed by atoms with Crippen LogP contribution in [0.1, 0.15) is 24.6 Å². The Bertz CT molecular complexity index is 520. The van der Waals surface area contributed by atoms with Crippen LogP contribution in [0.3, 0.4) is 0 Å². The SMILES string of the molecule is CCCNCc1cn(-c2cccc(F)c2C)cn1. The van der Waals surface area contributed by atoms with Crippen LogP contribution in [0.25, 0.3) is 5.69 Å². The molecule has 0 saturated heterocycles. The lowest BCUT2D eigenvalue weighted by Crippen LogP contribution is -2.13. The summed E-state index contributed by atoms with van der Waals surface area (Å²) in [6.07, 6.45) is 4.76. The highest BCUT2D eigenvalue weighted by Crippen LogP contribution is 2.17. The summed E-state index contributed by atoms with van der Waals surface area (Å²) in [5.74, 6) is -0.188. The molecule has 18 heavy (non-hydrogen) atoms. The van der Waals surface area contributed by atoms with Crippen LogP contribution < -0.4 is 5.32 Å². The van der Waals surface area contributed by atoms with Crippen molar-refractivity contribution in [2.24, 2.45) is 0 Å². The molecule has 2 aromatic rings. The molecule has 96 valence electrons.